The Morgan fingerprint density at radius 3 is 3.00 bits per heavy atom. The molecule has 20 heavy (non-hydrogen) atoms. The van der Waals surface area contributed by atoms with Crippen molar-refractivity contribution in [1.29, 1.82) is 0 Å². The first-order chi connectivity index (χ1) is 9.74. The SMILES string of the molecule is O=C(O)c1cccc(-c2cnn([C@@H]3CCCCO3)c2)c1. The van der Waals surface area contributed by atoms with E-state index in [0.29, 0.717) is 0 Å². The Balaban J connectivity index is 1.85. The third kappa shape index (κ3) is 2.58. The molecule has 5 nitrogen and oxygen atoms in total. The van der Waals surface area contributed by atoms with Gasteiger partial charge in [-0.25, -0.2) is 9.48 Å². The van der Waals surface area contributed by atoms with Crippen molar-refractivity contribution >= 4 is 5.97 Å². The fourth-order valence-electron chi connectivity index (χ4n) is 2.41. The van der Waals surface area contributed by atoms with E-state index in [1.165, 1.54) is 0 Å². The van der Waals surface area contributed by atoms with E-state index >= 15 is 0 Å². The normalized spacial score (nSPS) is 18.9. The fourth-order valence-corrected chi connectivity index (χ4v) is 2.41. The Morgan fingerprint density at radius 2 is 2.25 bits per heavy atom. The largest absolute Gasteiger partial charge is 0.478 e. The molecule has 2 heterocycles. The van der Waals surface area contributed by atoms with Crippen LogP contribution in [0.5, 0.6) is 0 Å². The molecular weight excluding hydrogens is 256 g/mol. The molecule has 1 aromatic heterocycles. The second-order valence-corrected chi connectivity index (χ2v) is 4.92. The van der Waals surface area contributed by atoms with Crippen LogP contribution in [0.3, 0.4) is 0 Å². The summed E-state index contributed by atoms with van der Waals surface area (Å²) in [6.07, 6.45) is 6.88. The van der Waals surface area contributed by atoms with Gasteiger partial charge in [0.2, 0.25) is 0 Å². The zero-order valence-corrected chi connectivity index (χ0v) is 11.0. The maximum absolute atomic E-state index is 11.0. The van der Waals surface area contributed by atoms with Gasteiger partial charge in [0.15, 0.2) is 0 Å². The molecule has 0 spiro atoms. The van der Waals surface area contributed by atoms with Gasteiger partial charge in [0.05, 0.1) is 11.8 Å². The van der Waals surface area contributed by atoms with Crippen molar-refractivity contribution in [2.75, 3.05) is 6.61 Å². The van der Waals surface area contributed by atoms with Crippen molar-refractivity contribution < 1.29 is 14.6 Å². The second-order valence-electron chi connectivity index (χ2n) is 4.92. The highest BCUT2D eigenvalue weighted by Gasteiger charge is 2.17. The van der Waals surface area contributed by atoms with Gasteiger partial charge in [0.25, 0.3) is 0 Å². The summed E-state index contributed by atoms with van der Waals surface area (Å²) < 4.78 is 7.50. The van der Waals surface area contributed by atoms with Gasteiger partial charge in [-0.3, -0.25) is 0 Å². The van der Waals surface area contributed by atoms with Crippen LogP contribution in [0, 0.1) is 0 Å². The summed E-state index contributed by atoms with van der Waals surface area (Å²) in [5, 5.41) is 13.4. The number of carboxylic acids is 1. The van der Waals surface area contributed by atoms with Crippen LogP contribution in [-0.4, -0.2) is 27.5 Å². The molecule has 0 radical (unpaired) electrons. The second kappa shape index (κ2) is 5.46. The van der Waals surface area contributed by atoms with Crippen molar-refractivity contribution in [3.63, 3.8) is 0 Å². The molecule has 1 aliphatic heterocycles. The van der Waals surface area contributed by atoms with Crippen molar-refractivity contribution in [2.45, 2.75) is 25.5 Å². The van der Waals surface area contributed by atoms with E-state index in [9.17, 15) is 4.79 Å². The summed E-state index contributed by atoms with van der Waals surface area (Å²) in [4.78, 5) is 11.0. The number of nitrogens with zero attached hydrogens (tertiary/aromatic N) is 2. The van der Waals surface area contributed by atoms with Crippen molar-refractivity contribution in [3.8, 4) is 11.1 Å². The van der Waals surface area contributed by atoms with Crippen molar-refractivity contribution in [2.24, 2.45) is 0 Å². The van der Waals surface area contributed by atoms with Crippen LogP contribution in [0.15, 0.2) is 36.7 Å². The summed E-state index contributed by atoms with van der Waals surface area (Å²) in [5.74, 6) is -0.921. The molecule has 0 aliphatic carbocycles. The number of aromatic carboxylic acids is 1. The van der Waals surface area contributed by atoms with Crippen LogP contribution < -0.4 is 0 Å². The van der Waals surface area contributed by atoms with E-state index in [-0.39, 0.29) is 11.8 Å². The Kier molecular flexibility index (Phi) is 3.52. The predicted octanol–water partition coefficient (Wildman–Crippen LogP) is 2.95. The first-order valence-corrected chi connectivity index (χ1v) is 6.73. The molecule has 0 unspecified atom stereocenters. The molecule has 1 atom stereocenters. The molecule has 0 saturated carbocycles. The highest BCUT2D eigenvalue weighted by atomic mass is 16.5. The van der Waals surface area contributed by atoms with E-state index in [0.717, 1.165) is 37.0 Å². The summed E-state index contributed by atoms with van der Waals surface area (Å²) in [6.45, 7) is 0.772. The number of ether oxygens (including phenoxy) is 1. The van der Waals surface area contributed by atoms with Crippen LogP contribution in [0.25, 0.3) is 11.1 Å². The average Bonchev–Trinajstić information content (AvgIpc) is 2.98. The Hall–Kier alpha value is -2.14. The number of rotatable bonds is 3. The first-order valence-electron chi connectivity index (χ1n) is 6.73. The molecule has 0 amide bonds. The van der Waals surface area contributed by atoms with Crippen LogP contribution in [-0.2, 0) is 4.74 Å². The fraction of sp³-hybridized carbons (Fsp3) is 0.333. The average molecular weight is 272 g/mol. The topological polar surface area (TPSA) is 64.3 Å². The van der Waals surface area contributed by atoms with Crippen molar-refractivity contribution in [1.82, 2.24) is 9.78 Å². The van der Waals surface area contributed by atoms with Crippen LogP contribution >= 0.6 is 0 Å². The number of aromatic nitrogens is 2. The van der Waals surface area contributed by atoms with E-state index in [4.69, 9.17) is 9.84 Å². The molecule has 3 rings (SSSR count). The van der Waals surface area contributed by atoms with Gasteiger partial charge < -0.3 is 9.84 Å². The summed E-state index contributed by atoms with van der Waals surface area (Å²) in [5.41, 5.74) is 2.04. The zero-order chi connectivity index (χ0) is 13.9. The molecular formula is C15H16N2O3. The van der Waals surface area contributed by atoms with Crippen LogP contribution in [0.4, 0.5) is 0 Å². The Bertz CT molecular complexity index is 615. The molecule has 1 aromatic carbocycles. The minimum absolute atomic E-state index is 0.000145. The quantitative estimate of drug-likeness (QED) is 0.933. The minimum Gasteiger partial charge on any atom is -0.478 e. The van der Waals surface area contributed by atoms with Gasteiger partial charge in [0, 0.05) is 18.4 Å². The third-order valence-corrected chi connectivity index (χ3v) is 3.50. The van der Waals surface area contributed by atoms with Gasteiger partial charge in [-0.2, -0.15) is 5.10 Å². The lowest BCUT2D eigenvalue weighted by atomic mass is 10.1. The van der Waals surface area contributed by atoms with Gasteiger partial charge in [-0.1, -0.05) is 12.1 Å². The van der Waals surface area contributed by atoms with Gasteiger partial charge >= 0.3 is 5.97 Å². The maximum atomic E-state index is 11.0. The monoisotopic (exact) mass is 272 g/mol. The van der Waals surface area contributed by atoms with Crippen molar-refractivity contribution in [3.05, 3.63) is 42.2 Å². The number of carbonyl (C=O) groups is 1. The van der Waals surface area contributed by atoms with E-state index < -0.39 is 5.97 Å². The zero-order valence-electron chi connectivity index (χ0n) is 11.0. The molecule has 1 aliphatic rings. The molecule has 1 N–H and O–H groups in total. The van der Waals surface area contributed by atoms with Gasteiger partial charge in [-0.15, -0.1) is 0 Å². The smallest absolute Gasteiger partial charge is 0.335 e. The Morgan fingerprint density at radius 1 is 1.35 bits per heavy atom. The molecule has 1 fully saturated rings. The van der Waals surface area contributed by atoms with E-state index in [1.54, 1.807) is 24.4 Å². The number of hydrogen-bond donors (Lipinski definition) is 1. The molecule has 5 heteroatoms. The molecule has 0 bridgehead atoms. The highest BCUT2D eigenvalue weighted by Crippen LogP contribution is 2.25. The maximum Gasteiger partial charge on any atom is 0.335 e. The molecule has 104 valence electrons. The van der Waals surface area contributed by atoms with E-state index in [1.807, 2.05) is 16.9 Å². The third-order valence-electron chi connectivity index (χ3n) is 3.50. The molecule has 2 aromatic rings. The van der Waals surface area contributed by atoms with Gasteiger partial charge in [-0.05, 0) is 37.0 Å². The van der Waals surface area contributed by atoms with Crippen LogP contribution in [0.2, 0.25) is 0 Å². The van der Waals surface area contributed by atoms with Crippen LogP contribution in [0.1, 0.15) is 35.8 Å². The van der Waals surface area contributed by atoms with Gasteiger partial charge in [0.1, 0.15) is 6.23 Å². The Labute approximate surface area is 116 Å². The lowest BCUT2D eigenvalue weighted by molar-refractivity contribution is -0.0394. The standard InChI is InChI=1S/C15H16N2O3/c18-15(19)12-5-3-4-11(8-12)13-9-16-17(10-13)14-6-1-2-7-20-14/h3-5,8-10,14H,1-2,6-7H2,(H,18,19)/t14-/m0/s1. The first kappa shape index (κ1) is 12.9. The van der Waals surface area contributed by atoms with E-state index in [2.05, 4.69) is 5.10 Å². The number of hydrogen-bond acceptors (Lipinski definition) is 3. The lowest BCUT2D eigenvalue weighted by Gasteiger charge is -2.22. The lowest BCUT2D eigenvalue weighted by Crippen LogP contribution is -2.18. The minimum atomic E-state index is -0.921. The predicted molar refractivity (Wildman–Crippen MR) is 73.5 cm³/mol. The highest BCUT2D eigenvalue weighted by molar-refractivity contribution is 5.89. The summed E-state index contributed by atoms with van der Waals surface area (Å²) >= 11 is 0. The number of benzene rings is 1. The number of carboxylic acid groups (broad SMARTS) is 1. The summed E-state index contributed by atoms with van der Waals surface area (Å²) in [6, 6.07) is 6.87. The molecule has 1 saturated heterocycles. The summed E-state index contributed by atoms with van der Waals surface area (Å²) in [7, 11) is 0.